The minimum atomic E-state index is -1.03. The molecule has 1 fully saturated rings. The molecular formula is C28H28ClFN2O3. The maximum atomic E-state index is 14.6. The second-order valence-electron chi connectivity index (χ2n) is 9.06. The van der Waals surface area contributed by atoms with Gasteiger partial charge in [0.25, 0.3) is 0 Å². The Morgan fingerprint density at radius 3 is 2.63 bits per heavy atom. The van der Waals surface area contributed by atoms with Crippen molar-refractivity contribution in [3.05, 3.63) is 82.4 Å². The minimum Gasteiger partial charge on any atom is -0.492 e. The molecule has 1 saturated heterocycles. The Bertz CT molecular complexity index is 1250. The maximum absolute atomic E-state index is 14.6. The van der Waals surface area contributed by atoms with Gasteiger partial charge >= 0.3 is 0 Å². The zero-order valence-corrected chi connectivity index (χ0v) is 20.5. The standard InChI is InChI=1S/C28H28ClFN2O3/c1-19-15-20(4-10-26(19)35-14-13-32-12-11-28(2,34)27(33)18-32)3-9-25-24(30)16-22(17-31-25)21-5-7-23(29)8-6-21/h4-8,10,15-17,27,33-34H,11-14,18H2,1-2H3/t27-,28+/m0/s1. The van der Waals surface area contributed by atoms with E-state index in [1.54, 1.807) is 25.3 Å². The lowest BCUT2D eigenvalue weighted by molar-refractivity contribution is -0.108. The minimum absolute atomic E-state index is 0.0865. The van der Waals surface area contributed by atoms with Crippen LogP contribution in [-0.2, 0) is 0 Å². The topological polar surface area (TPSA) is 65.8 Å². The molecule has 1 aromatic heterocycles. The quantitative estimate of drug-likeness (QED) is 0.513. The molecule has 0 saturated carbocycles. The highest BCUT2D eigenvalue weighted by Gasteiger charge is 2.36. The van der Waals surface area contributed by atoms with Crippen LogP contribution in [0.15, 0.2) is 54.7 Å². The molecule has 0 bridgehead atoms. The van der Waals surface area contributed by atoms with E-state index in [0.717, 1.165) is 22.4 Å². The highest BCUT2D eigenvalue weighted by molar-refractivity contribution is 6.30. The predicted octanol–water partition coefficient (Wildman–Crippen LogP) is 4.45. The summed E-state index contributed by atoms with van der Waals surface area (Å²) < 4.78 is 20.5. The van der Waals surface area contributed by atoms with Gasteiger partial charge in [-0.2, -0.15) is 0 Å². The van der Waals surface area contributed by atoms with Crippen molar-refractivity contribution < 1.29 is 19.3 Å². The largest absolute Gasteiger partial charge is 0.492 e. The van der Waals surface area contributed by atoms with E-state index in [9.17, 15) is 14.6 Å². The fraction of sp³-hybridized carbons (Fsp3) is 0.321. The summed E-state index contributed by atoms with van der Waals surface area (Å²) in [6.07, 6.45) is 1.37. The van der Waals surface area contributed by atoms with Gasteiger partial charge in [0.05, 0.1) is 11.7 Å². The first kappa shape index (κ1) is 25.2. The van der Waals surface area contributed by atoms with Crippen LogP contribution in [0.2, 0.25) is 5.02 Å². The number of benzene rings is 2. The number of aliphatic hydroxyl groups is 2. The van der Waals surface area contributed by atoms with Crippen LogP contribution in [0.1, 0.15) is 30.2 Å². The van der Waals surface area contributed by atoms with Crippen LogP contribution in [0.5, 0.6) is 5.75 Å². The molecule has 0 spiro atoms. The van der Waals surface area contributed by atoms with Crippen LogP contribution in [0.4, 0.5) is 4.39 Å². The van der Waals surface area contributed by atoms with E-state index < -0.39 is 17.5 Å². The van der Waals surface area contributed by atoms with Gasteiger partial charge in [0.2, 0.25) is 0 Å². The molecule has 182 valence electrons. The number of piperidine rings is 1. The van der Waals surface area contributed by atoms with Crippen LogP contribution >= 0.6 is 11.6 Å². The normalized spacial score (nSPS) is 20.2. The zero-order chi connectivity index (χ0) is 25.0. The van der Waals surface area contributed by atoms with Gasteiger partial charge in [-0.05, 0) is 73.7 Å². The van der Waals surface area contributed by atoms with Gasteiger partial charge in [-0.3, -0.25) is 4.90 Å². The highest BCUT2D eigenvalue weighted by atomic mass is 35.5. The number of aliphatic hydroxyl groups excluding tert-OH is 1. The molecule has 2 N–H and O–H groups in total. The number of hydrogen-bond acceptors (Lipinski definition) is 5. The lowest BCUT2D eigenvalue weighted by Crippen LogP contribution is -2.54. The van der Waals surface area contributed by atoms with Crippen molar-refractivity contribution in [1.29, 1.82) is 0 Å². The van der Waals surface area contributed by atoms with Crippen molar-refractivity contribution in [2.24, 2.45) is 0 Å². The number of nitrogens with zero attached hydrogens (tertiary/aromatic N) is 2. The molecule has 1 aliphatic rings. The summed E-state index contributed by atoms with van der Waals surface area (Å²) in [5.41, 5.74) is 2.20. The number of pyridine rings is 1. The van der Waals surface area contributed by atoms with Crippen molar-refractivity contribution in [3.8, 4) is 28.7 Å². The van der Waals surface area contributed by atoms with E-state index in [2.05, 4.69) is 21.7 Å². The molecule has 35 heavy (non-hydrogen) atoms. The second-order valence-corrected chi connectivity index (χ2v) is 9.50. The zero-order valence-electron chi connectivity index (χ0n) is 19.8. The van der Waals surface area contributed by atoms with Crippen molar-refractivity contribution in [2.75, 3.05) is 26.2 Å². The molecular weight excluding hydrogens is 467 g/mol. The number of halogens is 2. The van der Waals surface area contributed by atoms with E-state index in [1.165, 1.54) is 6.07 Å². The SMILES string of the molecule is Cc1cc(C#Cc2ncc(-c3ccc(Cl)cc3)cc2F)ccc1OCCN1CC[C@@](C)(O)[C@@H](O)C1. The van der Waals surface area contributed by atoms with Crippen molar-refractivity contribution in [2.45, 2.75) is 32.0 Å². The summed E-state index contributed by atoms with van der Waals surface area (Å²) in [6.45, 7) is 5.87. The van der Waals surface area contributed by atoms with Gasteiger partial charge in [-0.15, -0.1) is 0 Å². The lowest BCUT2D eigenvalue weighted by Gasteiger charge is -2.39. The Hall–Kier alpha value is -2.95. The average Bonchev–Trinajstić information content (AvgIpc) is 2.82. The van der Waals surface area contributed by atoms with E-state index in [0.29, 0.717) is 43.2 Å². The Kier molecular flexibility index (Phi) is 7.73. The average molecular weight is 495 g/mol. The second kappa shape index (κ2) is 10.8. The van der Waals surface area contributed by atoms with Crippen LogP contribution < -0.4 is 4.74 Å². The summed E-state index contributed by atoms with van der Waals surface area (Å²) >= 11 is 5.91. The van der Waals surface area contributed by atoms with Gasteiger partial charge in [0, 0.05) is 42.0 Å². The van der Waals surface area contributed by atoms with E-state index >= 15 is 0 Å². The summed E-state index contributed by atoms with van der Waals surface area (Å²) in [7, 11) is 0. The third-order valence-corrected chi connectivity index (χ3v) is 6.52. The molecule has 2 atom stereocenters. The van der Waals surface area contributed by atoms with E-state index in [4.69, 9.17) is 16.3 Å². The fourth-order valence-corrected chi connectivity index (χ4v) is 4.05. The van der Waals surface area contributed by atoms with Gasteiger partial charge in [-0.25, -0.2) is 9.37 Å². The van der Waals surface area contributed by atoms with Crippen molar-refractivity contribution >= 4 is 11.6 Å². The first-order valence-corrected chi connectivity index (χ1v) is 11.9. The highest BCUT2D eigenvalue weighted by Crippen LogP contribution is 2.24. The number of likely N-dealkylation sites (tertiary alicyclic amines) is 1. The maximum Gasteiger partial charge on any atom is 0.158 e. The monoisotopic (exact) mass is 494 g/mol. The van der Waals surface area contributed by atoms with Gasteiger partial charge < -0.3 is 14.9 Å². The first-order chi connectivity index (χ1) is 16.7. The first-order valence-electron chi connectivity index (χ1n) is 11.5. The van der Waals surface area contributed by atoms with Gasteiger partial charge in [0.15, 0.2) is 5.82 Å². The lowest BCUT2D eigenvalue weighted by atomic mass is 9.91. The number of rotatable bonds is 5. The smallest absolute Gasteiger partial charge is 0.158 e. The summed E-state index contributed by atoms with van der Waals surface area (Å²) in [6, 6.07) is 14.1. The van der Waals surface area contributed by atoms with Crippen LogP contribution in [-0.4, -0.2) is 58.0 Å². The summed E-state index contributed by atoms with van der Waals surface area (Å²) in [5.74, 6) is 6.05. The van der Waals surface area contributed by atoms with Crippen molar-refractivity contribution in [3.63, 3.8) is 0 Å². The Morgan fingerprint density at radius 1 is 1.17 bits per heavy atom. The summed E-state index contributed by atoms with van der Waals surface area (Å²) in [4.78, 5) is 6.27. The third-order valence-electron chi connectivity index (χ3n) is 6.27. The molecule has 4 rings (SSSR count). The molecule has 0 amide bonds. The number of ether oxygens (including phenoxy) is 1. The third kappa shape index (κ3) is 6.39. The number of aryl methyl sites for hydroxylation is 1. The van der Waals surface area contributed by atoms with Gasteiger partial charge in [0.1, 0.15) is 18.1 Å². The molecule has 0 unspecified atom stereocenters. The van der Waals surface area contributed by atoms with E-state index in [-0.39, 0.29) is 5.69 Å². The van der Waals surface area contributed by atoms with Crippen molar-refractivity contribution in [1.82, 2.24) is 9.88 Å². The fourth-order valence-electron chi connectivity index (χ4n) is 3.92. The molecule has 2 aromatic carbocycles. The Morgan fingerprint density at radius 2 is 1.94 bits per heavy atom. The molecule has 5 nitrogen and oxygen atoms in total. The predicted molar refractivity (Wildman–Crippen MR) is 135 cm³/mol. The Balaban J connectivity index is 1.35. The number of β-amino-alcohol motifs (C(OH)–C–C–N with tert-alkyl or cyclic N) is 1. The number of aromatic nitrogens is 1. The van der Waals surface area contributed by atoms with Crippen LogP contribution in [0.3, 0.4) is 0 Å². The number of hydrogen-bond donors (Lipinski definition) is 2. The van der Waals surface area contributed by atoms with Crippen LogP contribution in [0.25, 0.3) is 11.1 Å². The molecule has 1 aliphatic heterocycles. The van der Waals surface area contributed by atoms with E-state index in [1.807, 2.05) is 37.3 Å². The Labute approximate surface area is 210 Å². The molecule has 2 heterocycles. The van der Waals surface area contributed by atoms with Crippen LogP contribution in [0, 0.1) is 24.6 Å². The summed E-state index contributed by atoms with van der Waals surface area (Å²) in [5, 5.41) is 20.7. The molecule has 3 aromatic rings. The molecule has 7 heteroatoms. The van der Waals surface area contributed by atoms with Gasteiger partial charge in [-0.1, -0.05) is 29.7 Å². The molecule has 0 radical (unpaired) electrons. The molecule has 0 aliphatic carbocycles.